The van der Waals surface area contributed by atoms with Crippen molar-refractivity contribution in [3.8, 4) is 0 Å². The summed E-state index contributed by atoms with van der Waals surface area (Å²) in [6.45, 7) is 2.13. The molecule has 0 saturated heterocycles. The lowest BCUT2D eigenvalue weighted by molar-refractivity contribution is -0.00531. The van der Waals surface area contributed by atoms with E-state index in [9.17, 15) is 5.11 Å². The molecule has 12 heavy (non-hydrogen) atoms. The Bertz CT molecular complexity index is 97.9. The van der Waals surface area contributed by atoms with E-state index in [1.54, 1.807) is 0 Å². The normalized spacial score (nSPS) is 16.0. The third-order valence-electron chi connectivity index (χ3n) is 2.09. The van der Waals surface area contributed by atoms with E-state index < -0.39 is 5.60 Å². The maximum absolute atomic E-state index is 9.87. The van der Waals surface area contributed by atoms with Gasteiger partial charge in [-0.2, -0.15) is 0 Å². The van der Waals surface area contributed by atoms with Crippen molar-refractivity contribution in [1.29, 1.82) is 0 Å². The molecule has 0 aromatic rings. The fraction of sp³-hybridized carbons (Fsp3) is 1.00. The maximum atomic E-state index is 9.87. The standard InChI is InChI=1S/C9H20O3/c1-2-4-9(12,6-8-11)5-3-7-10/h10-12H,2-8H2,1H3. The van der Waals surface area contributed by atoms with Gasteiger partial charge in [-0.05, 0) is 25.7 Å². The fourth-order valence-electron chi connectivity index (χ4n) is 1.46. The number of rotatable bonds is 7. The van der Waals surface area contributed by atoms with Crippen molar-refractivity contribution in [2.75, 3.05) is 13.2 Å². The minimum absolute atomic E-state index is 0.0158. The zero-order valence-corrected chi connectivity index (χ0v) is 7.79. The molecule has 3 heteroatoms. The van der Waals surface area contributed by atoms with E-state index in [0.717, 1.165) is 6.42 Å². The van der Waals surface area contributed by atoms with Crippen molar-refractivity contribution >= 4 is 0 Å². The summed E-state index contributed by atoms with van der Waals surface area (Å²) in [5.41, 5.74) is -0.758. The molecule has 74 valence electrons. The molecule has 0 rings (SSSR count). The molecule has 0 aliphatic carbocycles. The van der Waals surface area contributed by atoms with Crippen LogP contribution in [0.25, 0.3) is 0 Å². The molecule has 3 nitrogen and oxygen atoms in total. The molecular formula is C9H20O3. The van der Waals surface area contributed by atoms with E-state index in [2.05, 4.69) is 0 Å². The molecule has 0 aliphatic heterocycles. The van der Waals surface area contributed by atoms with Crippen molar-refractivity contribution in [2.45, 2.75) is 44.6 Å². The first kappa shape index (κ1) is 11.9. The van der Waals surface area contributed by atoms with Gasteiger partial charge in [-0.25, -0.2) is 0 Å². The Morgan fingerprint density at radius 1 is 1.00 bits per heavy atom. The highest BCUT2D eigenvalue weighted by molar-refractivity contribution is 4.77. The van der Waals surface area contributed by atoms with Gasteiger partial charge in [-0.1, -0.05) is 13.3 Å². The van der Waals surface area contributed by atoms with Crippen molar-refractivity contribution in [1.82, 2.24) is 0 Å². The molecule has 0 heterocycles. The topological polar surface area (TPSA) is 60.7 Å². The first-order valence-corrected chi connectivity index (χ1v) is 4.62. The van der Waals surface area contributed by atoms with Crippen LogP contribution in [0.2, 0.25) is 0 Å². The number of aliphatic hydroxyl groups is 3. The summed E-state index contributed by atoms with van der Waals surface area (Å²) in [6.07, 6.45) is 3.21. The Hall–Kier alpha value is -0.120. The monoisotopic (exact) mass is 176 g/mol. The summed E-state index contributed by atoms with van der Waals surface area (Å²) in [7, 11) is 0. The largest absolute Gasteiger partial charge is 0.396 e. The summed E-state index contributed by atoms with van der Waals surface area (Å²) >= 11 is 0. The first-order valence-electron chi connectivity index (χ1n) is 4.62. The minimum atomic E-state index is -0.758. The highest BCUT2D eigenvalue weighted by atomic mass is 16.3. The maximum Gasteiger partial charge on any atom is 0.0670 e. The van der Waals surface area contributed by atoms with Gasteiger partial charge in [0.15, 0.2) is 0 Å². The van der Waals surface area contributed by atoms with Crippen LogP contribution in [0.4, 0.5) is 0 Å². The molecule has 0 fully saturated rings. The SMILES string of the molecule is CCCC(O)(CCO)CCCO. The van der Waals surface area contributed by atoms with Crippen LogP contribution in [0.5, 0.6) is 0 Å². The third-order valence-corrected chi connectivity index (χ3v) is 2.09. The molecule has 1 atom stereocenters. The van der Waals surface area contributed by atoms with Crippen LogP contribution < -0.4 is 0 Å². The molecule has 0 radical (unpaired) electrons. The average Bonchev–Trinajstić information content (AvgIpc) is 2.02. The molecule has 0 saturated carbocycles. The average molecular weight is 176 g/mol. The molecule has 0 aromatic carbocycles. The summed E-state index contributed by atoms with van der Waals surface area (Å²) in [5, 5.41) is 27.2. The number of aliphatic hydroxyl groups excluding tert-OH is 2. The second kappa shape index (κ2) is 6.40. The second-order valence-corrected chi connectivity index (χ2v) is 3.28. The Morgan fingerprint density at radius 3 is 2.08 bits per heavy atom. The van der Waals surface area contributed by atoms with Gasteiger partial charge in [-0.15, -0.1) is 0 Å². The molecule has 1 unspecified atom stereocenters. The van der Waals surface area contributed by atoms with Crippen LogP contribution >= 0.6 is 0 Å². The van der Waals surface area contributed by atoms with Gasteiger partial charge >= 0.3 is 0 Å². The highest BCUT2D eigenvalue weighted by Crippen LogP contribution is 2.22. The Kier molecular flexibility index (Phi) is 6.34. The zero-order valence-electron chi connectivity index (χ0n) is 7.79. The predicted molar refractivity (Wildman–Crippen MR) is 47.9 cm³/mol. The van der Waals surface area contributed by atoms with Crippen LogP contribution in [-0.2, 0) is 0 Å². The molecule has 0 bridgehead atoms. The molecule has 3 N–H and O–H groups in total. The van der Waals surface area contributed by atoms with Crippen LogP contribution in [0.3, 0.4) is 0 Å². The van der Waals surface area contributed by atoms with Gasteiger partial charge in [0, 0.05) is 13.2 Å². The smallest absolute Gasteiger partial charge is 0.0670 e. The summed E-state index contributed by atoms with van der Waals surface area (Å²) in [4.78, 5) is 0. The van der Waals surface area contributed by atoms with E-state index in [1.165, 1.54) is 0 Å². The Balaban J connectivity index is 3.80. The van der Waals surface area contributed by atoms with E-state index in [0.29, 0.717) is 25.7 Å². The molecule has 0 amide bonds. The van der Waals surface area contributed by atoms with Gasteiger partial charge in [0.05, 0.1) is 5.60 Å². The van der Waals surface area contributed by atoms with Crippen molar-refractivity contribution in [2.24, 2.45) is 0 Å². The van der Waals surface area contributed by atoms with Gasteiger partial charge in [0.1, 0.15) is 0 Å². The zero-order chi connectivity index (χ0) is 9.45. The highest BCUT2D eigenvalue weighted by Gasteiger charge is 2.24. The Labute approximate surface area is 74.0 Å². The fourth-order valence-corrected chi connectivity index (χ4v) is 1.46. The van der Waals surface area contributed by atoms with Crippen LogP contribution in [0.1, 0.15) is 39.0 Å². The lowest BCUT2D eigenvalue weighted by Crippen LogP contribution is -2.30. The van der Waals surface area contributed by atoms with E-state index in [-0.39, 0.29) is 13.2 Å². The van der Waals surface area contributed by atoms with Gasteiger partial charge < -0.3 is 15.3 Å². The van der Waals surface area contributed by atoms with E-state index in [4.69, 9.17) is 10.2 Å². The predicted octanol–water partition coefficient (Wildman–Crippen LogP) is 0.673. The lowest BCUT2D eigenvalue weighted by Gasteiger charge is -2.26. The van der Waals surface area contributed by atoms with Gasteiger partial charge in [0.25, 0.3) is 0 Å². The van der Waals surface area contributed by atoms with Crippen molar-refractivity contribution in [3.05, 3.63) is 0 Å². The van der Waals surface area contributed by atoms with E-state index >= 15 is 0 Å². The first-order chi connectivity index (χ1) is 5.68. The number of hydrogen-bond donors (Lipinski definition) is 3. The Morgan fingerprint density at radius 2 is 1.67 bits per heavy atom. The van der Waals surface area contributed by atoms with Crippen LogP contribution in [0, 0.1) is 0 Å². The van der Waals surface area contributed by atoms with E-state index in [1.807, 2.05) is 6.92 Å². The second-order valence-electron chi connectivity index (χ2n) is 3.28. The minimum Gasteiger partial charge on any atom is -0.396 e. The molecular weight excluding hydrogens is 156 g/mol. The summed E-state index contributed by atoms with van der Waals surface area (Å²) < 4.78 is 0. The lowest BCUT2D eigenvalue weighted by atomic mass is 9.89. The van der Waals surface area contributed by atoms with Crippen molar-refractivity contribution < 1.29 is 15.3 Å². The molecule has 0 spiro atoms. The summed E-state index contributed by atoms with van der Waals surface area (Å²) in [5.74, 6) is 0. The molecule has 0 aliphatic rings. The third kappa shape index (κ3) is 4.70. The van der Waals surface area contributed by atoms with Crippen molar-refractivity contribution in [3.63, 3.8) is 0 Å². The van der Waals surface area contributed by atoms with Crippen LogP contribution in [-0.4, -0.2) is 34.1 Å². The summed E-state index contributed by atoms with van der Waals surface area (Å²) in [6, 6.07) is 0. The quantitative estimate of drug-likeness (QED) is 0.534. The van der Waals surface area contributed by atoms with Gasteiger partial charge in [-0.3, -0.25) is 0 Å². The number of hydrogen-bond acceptors (Lipinski definition) is 3. The molecule has 0 aromatic heterocycles. The van der Waals surface area contributed by atoms with Crippen LogP contribution in [0.15, 0.2) is 0 Å². The van der Waals surface area contributed by atoms with Gasteiger partial charge in [0.2, 0.25) is 0 Å².